The zero-order valence-electron chi connectivity index (χ0n) is 17.7. The molecule has 166 valence electrons. The molecule has 3 aromatic carbocycles. The van der Waals surface area contributed by atoms with Crippen LogP contribution in [0, 0.1) is 27.7 Å². The minimum absolute atomic E-state index is 0.0981. The summed E-state index contributed by atoms with van der Waals surface area (Å²) in [6.07, 6.45) is 0. The van der Waals surface area contributed by atoms with Crippen molar-refractivity contribution >= 4 is 70.8 Å². The summed E-state index contributed by atoms with van der Waals surface area (Å²) < 4.78 is 13.4. The summed E-state index contributed by atoms with van der Waals surface area (Å²) in [6, 6.07) is 10.2. The molecule has 0 spiro atoms. The Labute approximate surface area is 207 Å². The number of ketones is 1. The molecule has 8 heteroatoms. The van der Waals surface area contributed by atoms with Gasteiger partial charge in [-0.2, -0.15) is 0 Å². The summed E-state index contributed by atoms with van der Waals surface area (Å²) in [5.41, 5.74) is 3.42. The van der Waals surface area contributed by atoms with Crippen LogP contribution in [0.2, 0.25) is 20.1 Å². The average molecular weight is 528 g/mol. The summed E-state index contributed by atoms with van der Waals surface area (Å²) in [5, 5.41) is -0.942. The zero-order chi connectivity index (χ0) is 23.9. The van der Waals surface area contributed by atoms with E-state index in [1.807, 2.05) is 26.8 Å². The van der Waals surface area contributed by atoms with Gasteiger partial charge >= 0.3 is 0 Å². The molecule has 0 aliphatic carbocycles. The second kappa shape index (κ2) is 9.71. The van der Waals surface area contributed by atoms with Gasteiger partial charge in [0.05, 0.1) is 31.0 Å². The number of rotatable bonds is 5. The fourth-order valence-electron chi connectivity index (χ4n) is 3.62. The van der Waals surface area contributed by atoms with Gasteiger partial charge in [-0.05, 0) is 49.9 Å². The Hall–Kier alpha value is -1.61. The van der Waals surface area contributed by atoms with Crippen LogP contribution >= 0.6 is 54.2 Å². The van der Waals surface area contributed by atoms with Crippen LogP contribution in [-0.4, -0.2) is 11.3 Å². The Morgan fingerprint density at radius 2 is 1.25 bits per heavy atom. The monoisotopic (exact) mass is 526 g/mol. The van der Waals surface area contributed by atoms with Crippen LogP contribution in [-0.2, 0) is 4.57 Å². The summed E-state index contributed by atoms with van der Waals surface area (Å²) in [5.74, 6) is -0.484. The molecule has 0 saturated carbocycles. The highest BCUT2D eigenvalue weighted by Crippen LogP contribution is 2.44. The van der Waals surface area contributed by atoms with E-state index in [-0.39, 0.29) is 31.0 Å². The minimum atomic E-state index is -3.21. The number of halogens is 4. The van der Waals surface area contributed by atoms with Gasteiger partial charge in [0.25, 0.3) is 0 Å². The molecule has 0 fully saturated rings. The lowest BCUT2D eigenvalue weighted by Gasteiger charge is -2.17. The molecule has 0 aliphatic rings. The van der Waals surface area contributed by atoms with Crippen molar-refractivity contribution in [2.75, 3.05) is 0 Å². The van der Waals surface area contributed by atoms with Crippen molar-refractivity contribution in [1.82, 2.24) is 0 Å². The van der Waals surface area contributed by atoms with E-state index < -0.39 is 19.1 Å². The van der Waals surface area contributed by atoms with Crippen molar-refractivity contribution in [3.8, 4) is 0 Å². The Morgan fingerprint density at radius 1 is 0.719 bits per heavy atom. The predicted molar refractivity (Wildman–Crippen MR) is 135 cm³/mol. The molecule has 1 atom stereocenters. The third-order valence-electron chi connectivity index (χ3n) is 5.54. The van der Waals surface area contributed by atoms with E-state index in [1.54, 1.807) is 37.3 Å². The van der Waals surface area contributed by atoms with Gasteiger partial charge in [-0.25, -0.2) is 0 Å². The lowest BCUT2D eigenvalue weighted by Crippen LogP contribution is -2.14. The van der Waals surface area contributed by atoms with E-state index in [9.17, 15) is 14.2 Å². The Morgan fingerprint density at radius 3 is 1.78 bits per heavy atom. The second-order valence-corrected chi connectivity index (χ2v) is 10.6. The fourth-order valence-corrected chi connectivity index (χ4v) is 6.81. The first kappa shape index (κ1) is 25.0. The highest BCUT2D eigenvalue weighted by atomic mass is 35.5. The van der Waals surface area contributed by atoms with E-state index in [0.717, 1.165) is 16.7 Å². The highest BCUT2D eigenvalue weighted by Gasteiger charge is 2.31. The molecule has 0 aliphatic heterocycles. The van der Waals surface area contributed by atoms with Crippen LogP contribution in [0.25, 0.3) is 0 Å². The molecule has 0 saturated heterocycles. The summed E-state index contributed by atoms with van der Waals surface area (Å²) in [6.45, 7) is 7.44. The molecular formula is C24H19Cl4O3P. The van der Waals surface area contributed by atoms with Crippen molar-refractivity contribution in [1.29, 1.82) is 0 Å². The van der Waals surface area contributed by atoms with Gasteiger partial charge in [-0.15, -0.1) is 0 Å². The van der Waals surface area contributed by atoms with Gasteiger partial charge < -0.3 is 4.57 Å². The molecule has 3 rings (SSSR count). The number of aryl methyl sites for hydroxylation is 2. The van der Waals surface area contributed by atoms with Gasteiger partial charge in [-0.1, -0.05) is 82.8 Å². The van der Waals surface area contributed by atoms with Gasteiger partial charge in [-0.3, -0.25) is 9.59 Å². The van der Waals surface area contributed by atoms with Crippen molar-refractivity contribution in [2.45, 2.75) is 27.7 Å². The molecule has 3 aromatic rings. The quantitative estimate of drug-likeness (QED) is 0.193. The third-order valence-corrected chi connectivity index (χ3v) is 9.18. The molecule has 0 aromatic heterocycles. The van der Waals surface area contributed by atoms with Crippen LogP contribution in [0.3, 0.4) is 0 Å². The van der Waals surface area contributed by atoms with Crippen molar-refractivity contribution in [2.24, 2.45) is 0 Å². The molecule has 0 amide bonds. The maximum atomic E-state index is 13.4. The summed E-state index contributed by atoms with van der Waals surface area (Å²) in [4.78, 5) is 26.2. The van der Waals surface area contributed by atoms with Gasteiger partial charge in [0.2, 0.25) is 5.52 Å². The Bertz CT molecular complexity index is 1270. The standard InChI is InChI=1S/C24H19Cl4O3P/c1-11-10-12(2)16(14(4)13(11)3)24(30)32(31)23-20(27)18(25)17(19(26)21(23)28)22(29)15-8-6-5-7-9-15/h5-10,32H,1-4H3. The van der Waals surface area contributed by atoms with Crippen molar-refractivity contribution in [3.63, 3.8) is 0 Å². The van der Waals surface area contributed by atoms with Crippen molar-refractivity contribution < 1.29 is 14.2 Å². The van der Waals surface area contributed by atoms with Gasteiger partial charge in [0.15, 0.2) is 13.6 Å². The lowest BCUT2D eigenvalue weighted by atomic mass is 9.95. The normalized spacial score (nSPS) is 12.0. The molecule has 0 bridgehead atoms. The molecule has 1 unspecified atom stereocenters. The number of carbonyl (C=O) groups is 2. The third kappa shape index (κ3) is 4.30. The molecule has 0 radical (unpaired) electrons. The number of benzene rings is 3. The largest absolute Gasteiger partial charge is 0.313 e. The van der Waals surface area contributed by atoms with Crippen LogP contribution in [0.4, 0.5) is 0 Å². The van der Waals surface area contributed by atoms with Crippen LogP contribution < -0.4 is 5.30 Å². The lowest BCUT2D eigenvalue weighted by molar-refractivity contribution is 0.103. The SMILES string of the molecule is Cc1cc(C)c(C(=O)[PH](=O)c2c(Cl)c(Cl)c(C(=O)c3ccccc3)c(Cl)c2Cl)c(C)c1C. The van der Waals surface area contributed by atoms with Gasteiger partial charge in [0.1, 0.15) is 0 Å². The number of hydrogen-bond acceptors (Lipinski definition) is 3. The number of hydrogen-bond donors (Lipinski definition) is 0. The fraction of sp³-hybridized carbons (Fsp3) is 0.167. The summed E-state index contributed by atoms with van der Waals surface area (Å²) >= 11 is 25.6. The first-order valence-electron chi connectivity index (χ1n) is 9.61. The molecule has 0 N–H and O–H groups in total. The van der Waals surface area contributed by atoms with E-state index >= 15 is 0 Å². The van der Waals surface area contributed by atoms with Crippen LogP contribution in [0.1, 0.15) is 48.5 Å². The van der Waals surface area contributed by atoms with Crippen LogP contribution in [0.5, 0.6) is 0 Å². The topological polar surface area (TPSA) is 51.2 Å². The summed E-state index contributed by atoms with van der Waals surface area (Å²) in [7, 11) is -3.21. The molecule has 0 heterocycles. The molecule has 3 nitrogen and oxygen atoms in total. The molecule has 32 heavy (non-hydrogen) atoms. The minimum Gasteiger partial charge on any atom is -0.313 e. The highest BCUT2D eigenvalue weighted by molar-refractivity contribution is 7.72. The first-order chi connectivity index (χ1) is 15.0. The van der Waals surface area contributed by atoms with Crippen molar-refractivity contribution in [3.05, 3.63) is 95.4 Å². The van der Waals surface area contributed by atoms with E-state index in [2.05, 4.69) is 0 Å². The predicted octanol–water partition coefficient (Wildman–Crippen LogP) is 7.79. The maximum Gasteiger partial charge on any atom is 0.223 e. The van der Waals surface area contributed by atoms with E-state index in [4.69, 9.17) is 46.4 Å². The van der Waals surface area contributed by atoms with E-state index in [1.165, 1.54) is 0 Å². The zero-order valence-corrected chi connectivity index (χ0v) is 21.7. The number of carbonyl (C=O) groups excluding carboxylic acids is 2. The maximum absolute atomic E-state index is 13.4. The smallest absolute Gasteiger partial charge is 0.223 e. The van der Waals surface area contributed by atoms with Gasteiger partial charge in [0, 0.05) is 11.1 Å². The van der Waals surface area contributed by atoms with E-state index in [0.29, 0.717) is 16.7 Å². The molecular weight excluding hydrogens is 509 g/mol. The average Bonchev–Trinajstić information content (AvgIpc) is 2.76. The first-order valence-corrected chi connectivity index (χ1v) is 12.5. The second-order valence-electron chi connectivity index (χ2n) is 7.49. The Balaban J connectivity index is 2.16. The van der Waals surface area contributed by atoms with Crippen LogP contribution in [0.15, 0.2) is 36.4 Å². The Kier molecular flexibility index (Phi) is 7.59.